The molecule has 1 aromatic carbocycles. The van der Waals surface area contributed by atoms with E-state index in [1.807, 2.05) is 13.1 Å². The summed E-state index contributed by atoms with van der Waals surface area (Å²) in [6.07, 6.45) is 8.39. The molecule has 1 aromatic heterocycles. The van der Waals surface area contributed by atoms with Crippen LogP contribution in [0.2, 0.25) is 0 Å². The van der Waals surface area contributed by atoms with Gasteiger partial charge in [0.15, 0.2) is 11.8 Å². The summed E-state index contributed by atoms with van der Waals surface area (Å²) >= 11 is 2.19. The first-order chi connectivity index (χ1) is 13.3. The number of aromatic amines is 1. The predicted octanol–water partition coefficient (Wildman–Crippen LogP) is 3.30. The smallest absolute Gasteiger partial charge is 0.193 e. The molecule has 7 heteroatoms. The Morgan fingerprint density at radius 3 is 3.00 bits per heavy atom. The number of nitrogens with one attached hydrogen (secondary N) is 2. The third-order valence-corrected chi connectivity index (χ3v) is 7.13. The second kappa shape index (κ2) is 8.33. The Bertz CT molecular complexity index is 761. The van der Waals surface area contributed by atoms with Crippen molar-refractivity contribution in [1.29, 1.82) is 0 Å². The Labute approximate surface area is 165 Å². The molecular formula is C20H28N6S. The van der Waals surface area contributed by atoms with Crippen LogP contribution in [0.25, 0.3) is 11.4 Å². The van der Waals surface area contributed by atoms with Gasteiger partial charge in [-0.1, -0.05) is 37.5 Å². The van der Waals surface area contributed by atoms with Crippen molar-refractivity contribution in [3.8, 4) is 11.4 Å². The number of aliphatic imine (C=N–C) groups is 1. The van der Waals surface area contributed by atoms with Gasteiger partial charge in [-0.25, -0.2) is 4.98 Å². The highest BCUT2D eigenvalue weighted by atomic mass is 32.2. The van der Waals surface area contributed by atoms with Gasteiger partial charge in [0, 0.05) is 42.7 Å². The molecular weight excluding hydrogens is 356 g/mol. The van der Waals surface area contributed by atoms with Gasteiger partial charge in [0.1, 0.15) is 6.33 Å². The fourth-order valence-corrected chi connectivity index (χ4v) is 5.78. The summed E-state index contributed by atoms with van der Waals surface area (Å²) in [5.41, 5.74) is 2.26. The molecule has 2 N–H and O–H groups in total. The van der Waals surface area contributed by atoms with Crippen LogP contribution in [0, 0.1) is 0 Å². The number of hydrogen-bond acceptors (Lipinski definition) is 4. The van der Waals surface area contributed by atoms with Gasteiger partial charge in [-0.15, -0.1) is 0 Å². The highest BCUT2D eigenvalue weighted by molar-refractivity contribution is 8.00. The first-order valence-electron chi connectivity index (χ1n) is 9.82. The molecule has 1 aliphatic carbocycles. The van der Waals surface area contributed by atoms with Gasteiger partial charge in [-0.05, 0) is 24.5 Å². The van der Waals surface area contributed by atoms with Crippen molar-refractivity contribution in [3.05, 3.63) is 36.2 Å². The summed E-state index contributed by atoms with van der Waals surface area (Å²) in [6.45, 7) is 2.95. The van der Waals surface area contributed by atoms with Crippen molar-refractivity contribution in [2.24, 2.45) is 4.99 Å². The maximum Gasteiger partial charge on any atom is 0.193 e. The van der Waals surface area contributed by atoms with Gasteiger partial charge in [0.05, 0.1) is 0 Å². The number of H-pyrrole nitrogens is 1. The zero-order chi connectivity index (χ0) is 18.5. The van der Waals surface area contributed by atoms with E-state index in [2.05, 4.69) is 60.4 Å². The molecule has 6 nitrogen and oxygen atoms in total. The fraction of sp³-hybridized carbons (Fsp3) is 0.550. The minimum atomic E-state index is 0.445. The molecule has 0 amide bonds. The fourth-order valence-electron chi connectivity index (χ4n) is 4.21. The number of aromatic nitrogens is 3. The zero-order valence-electron chi connectivity index (χ0n) is 15.9. The van der Waals surface area contributed by atoms with E-state index >= 15 is 0 Å². The summed E-state index contributed by atoms with van der Waals surface area (Å²) < 4.78 is 0.445. The zero-order valence-corrected chi connectivity index (χ0v) is 16.8. The van der Waals surface area contributed by atoms with Crippen molar-refractivity contribution in [1.82, 2.24) is 25.4 Å². The lowest BCUT2D eigenvalue weighted by molar-refractivity contribution is 0.293. The molecule has 1 saturated heterocycles. The van der Waals surface area contributed by atoms with Crippen molar-refractivity contribution >= 4 is 17.7 Å². The Balaban J connectivity index is 1.40. The molecule has 0 atom stereocenters. The Morgan fingerprint density at radius 1 is 1.33 bits per heavy atom. The minimum absolute atomic E-state index is 0.445. The highest BCUT2D eigenvalue weighted by Crippen LogP contribution is 2.42. The van der Waals surface area contributed by atoms with Crippen LogP contribution in [0.3, 0.4) is 0 Å². The Morgan fingerprint density at radius 2 is 2.22 bits per heavy atom. The van der Waals surface area contributed by atoms with E-state index in [4.69, 9.17) is 0 Å². The second-order valence-electron chi connectivity index (χ2n) is 7.45. The molecule has 1 aliphatic heterocycles. The summed E-state index contributed by atoms with van der Waals surface area (Å²) in [5.74, 6) is 3.01. The molecule has 4 rings (SSSR count). The van der Waals surface area contributed by atoms with Crippen LogP contribution in [0.15, 0.2) is 35.6 Å². The Kier molecular flexibility index (Phi) is 5.66. The largest absolute Gasteiger partial charge is 0.352 e. The van der Waals surface area contributed by atoms with Gasteiger partial charge in [0.2, 0.25) is 0 Å². The van der Waals surface area contributed by atoms with Crippen LogP contribution in [0.5, 0.6) is 0 Å². The van der Waals surface area contributed by atoms with Gasteiger partial charge >= 0.3 is 0 Å². The summed E-state index contributed by atoms with van der Waals surface area (Å²) in [6, 6.07) is 8.39. The predicted molar refractivity (Wildman–Crippen MR) is 112 cm³/mol. The van der Waals surface area contributed by atoms with Crippen LogP contribution in [-0.2, 0) is 6.54 Å². The van der Waals surface area contributed by atoms with Crippen molar-refractivity contribution in [2.45, 2.75) is 43.4 Å². The van der Waals surface area contributed by atoms with Crippen LogP contribution in [-0.4, -0.2) is 56.7 Å². The van der Waals surface area contributed by atoms with E-state index in [-0.39, 0.29) is 0 Å². The molecule has 2 fully saturated rings. The lowest BCUT2D eigenvalue weighted by Gasteiger charge is -2.45. The number of guanidine groups is 1. The molecule has 0 bridgehead atoms. The van der Waals surface area contributed by atoms with Crippen LogP contribution >= 0.6 is 11.8 Å². The number of thioether (sulfide) groups is 1. The molecule has 2 aromatic rings. The van der Waals surface area contributed by atoms with E-state index in [0.717, 1.165) is 37.0 Å². The summed E-state index contributed by atoms with van der Waals surface area (Å²) in [4.78, 5) is 11.3. The minimum Gasteiger partial charge on any atom is -0.352 e. The summed E-state index contributed by atoms with van der Waals surface area (Å²) in [5, 5.41) is 10.4. The molecule has 1 spiro atoms. The third-order valence-electron chi connectivity index (χ3n) is 5.59. The third kappa shape index (κ3) is 4.29. The van der Waals surface area contributed by atoms with Crippen molar-refractivity contribution < 1.29 is 0 Å². The topological polar surface area (TPSA) is 69.2 Å². The first-order valence-corrected chi connectivity index (χ1v) is 10.8. The maximum atomic E-state index is 4.57. The SMILES string of the molecule is CN=C(NCc1cccc(-c2ncn[nH]2)c1)N1CCSC2(CCCCC2)C1. The summed E-state index contributed by atoms with van der Waals surface area (Å²) in [7, 11) is 1.89. The van der Waals surface area contributed by atoms with Crippen molar-refractivity contribution in [3.63, 3.8) is 0 Å². The van der Waals surface area contributed by atoms with Crippen molar-refractivity contribution in [2.75, 3.05) is 25.9 Å². The molecule has 2 heterocycles. The molecule has 27 heavy (non-hydrogen) atoms. The van der Waals surface area contributed by atoms with Crippen LogP contribution in [0.4, 0.5) is 0 Å². The average molecular weight is 385 g/mol. The van der Waals surface area contributed by atoms with E-state index in [0.29, 0.717) is 4.75 Å². The van der Waals surface area contributed by atoms with Gasteiger partial charge in [-0.2, -0.15) is 16.9 Å². The lowest BCUT2D eigenvalue weighted by atomic mass is 9.87. The lowest BCUT2D eigenvalue weighted by Crippen LogP contribution is -2.53. The number of hydrogen-bond donors (Lipinski definition) is 2. The molecule has 2 aliphatic rings. The molecule has 0 radical (unpaired) electrons. The average Bonchev–Trinajstić information content (AvgIpc) is 3.24. The van der Waals surface area contributed by atoms with Gasteiger partial charge in [0.25, 0.3) is 0 Å². The molecule has 1 saturated carbocycles. The standard InChI is InChI=1S/C20H28N6S/c1-21-19(26-10-11-27-20(14-26)8-3-2-4-9-20)22-13-16-6-5-7-17(12-16)18-23-15-24-25-18/h5-7,12,15H,2-4,8-11,13-14H2,1H3,(H,21,22)(H,23,24,25). The number of benzene rings is 1. The maximum absolute atomic E-state index is 4.57. The normalized spacial score (nSPS) is 20.0. The highest BCUT2D eigenvalue weighted by Gasteiger charge is 2.38. The second-order valence-corrected chi connectivity index (χ2v) is 9.01. The van der Waals surface area contributed by atoms with Crippen LogP contribution < -0.4 is 5.32 Å². The van der Waals surface area contributed by atoms with Gasteiger partial charge in [-0.3, -0.25) is 10.1 Å². The van der Waals surface area contributed by atoms with E-state index < -0.39 is 0 Å². The monoisotopic (exact) mass is 384 g/mol. The Hall–Kier alpha value is -2.02. The van der Waals surface area contributed by atoms with E-state index in [1.54, 1.807) is 0 Å². The number of rotatable bonds is 3. The van der Waals surface area contributed by atoms with Gasteiger partial charge < -0.3 is 10.2 Å². The first kappa shape index (κ1) is 18.3. The quantitative estimate of drug-likeness (QED) is 0.628. The van der Waals surface area contributed by atoms with Crippen LogP contribution in [0.1, 0.15) is 37.7 Å². The van der Waals surface area contributed by atoms with E-state index in [1.165, 1.54) is 49.7 Å². The number of nitrogens with zero attached hydrogens (tertiary/aromatic N) is 4. The van der Waals surface area contributed by atoms with E-state index in [9.17, 15) is 0 Å². The molecule has 0 unspecified atom stereocenters. The molecule has 144 valence electrons.